The van der Waals surface area contributed by atoms with Gasteiger partial charge in [-0.2, -0.15) is 0 Å². The van der Waals surface area contributed by atoms with E-state index in [1.54, 1.807) is 23.1 Å². The van der Waals surface area contributed by atoms with E-state index < -0.39 is 4.92 Å². The van der Waals surface area contributed by atoms with Gasteiger partial charge in [0, 0.05) is 50.4 Å². The Morgan fingerprint density at radius 1 is 0.964 bits per heavy atom. The summed E-state index contributed by atoms with van der Waals surface area (Å²) < 4.78 is 1.79. The molecule has 3 aromatic rings. The number of benzene rings is 2. The van der Waals surface area contributed by atoms with Crippen LogP contribution in [0.4, 0.5) is 5.69 Å². The van der Waals surface area contributed by atoms with Gasteiger partial charge in [-0.05, 0) is 5.56 Å². The van der Waals surface area contributed by atoms with Crippen molar-refractivity contribution >= 4 is 5.69 Å². The zero-order valence-electron chi connectivity index (χ0n) is 15.5. The first-order chi connectivity index (χ1) is 13.7. The van der Waals surface area contributed by atoms with E-state index in [0.29, 0.717) is 18.1 Å². The number of piperazine rings is 1. The fraction of sp³-hybridized carbons (Fsp3) is 0.300. The van der Waals surface area contributed by atoms with E-state index in [9.17, 15) is 10.1 Å². The average molecular weight is 378 g/mol. The van der Waals surface area contributed by atoms with Crippen LogP contribution in [0.2, 0.25) is 0 Å². The van der Waals surface area contributed by atoms with Gasteiger partial charge in [-0.3, -0.25) is 19.9 Å². The second-order valence-electron chi connectivity index (χ2n) is 6.94. The van der Waals surface area contributed by atoms with Crippen LogP contribution in [0.25, 0.3) is 11.4 Å². The zero-order chi connectivity index (χ0) is 19.3. The number of non-ortho nitro benzene ring substituents is 1. The zero-order valence-corrected chi connectivity index (χ0v) is 15.5. The van der Waals surface area contributed by atoms with Crippen LogP contribution in [0, 0.1) is 10.1 Å². The van der Waals surface area contributed by atoms with Gasteiger partial charge in [0.05, 0.1) is 11.6 Å². The predicted octanol–water partition coefficient (Wildman–Crippen LogP) is 2.63. The summed E-state index contributed by atoms with van der Waals surface area (Å²) >= 11 is 0. The molecule has 8 heteroatoms. The smallest absolute Gasteiger partial charge is 0.270 e. The van der Waals surface area contributed by atoms with Crippen molar-refractivity contribution in [2.24, 2.45) is 0 Å². The summed E-state index contributed by atoms with van der Waals surface area (Å²) in [6, 6.07) is 16.9. The van der Waals surface area contributed by atoms with Gasteiger partial charge < -0.3 is 0 Å². The van der Waals surface area contributed by atoms with Gasteiger partial charge in [0.1, 0.15) is 6.33 Å². The predicted molar refractivity (Wildman–Crippen MR) is 105 cm³/mol. The lowest BCUT2D eigenvalue weighted by atomic mass is 10.2. The Hall–Kier alpha value is -3.10. The molecule has 4 rings (SSSR count). The molecule has 0 radical (unpaired) electrons. The molecule has 2 aromatic carbocycles. The van der Waals surface area contributed by atoms with Crippen molar-refractivity contribution in [2.75, 3.05) is 26.2 Å². The number of nitro groups is 1. The van der Waals surface area contributed by atoms with Crippen LogP contribution in [0.15, 0.2) is 60.9 Å². The molecule has 0 amide bonds. The Balaban J connectivity index is 1.33. The first kappa shape index (κ1) is 18.3. The third kappa shape index (κ3) is 4.41. The van der Waals surface area contributed by atoms with Gasteiger partial charge in [-0.25, -0.2) is 9.67 Å². The van der Waals surface area contributed by atoms with E-state index in [4.69, 9.17) is 0 Å². The molecule has 0 bridgehead atoms. The number of rotatable bonds is 6. The Labute approximate surface area is 163 Å². The van der Waals surface area contributed by atoms with Crippen LogP contribution >= 0.6 is 0 Å². The Morgan fingerprint density at radius 2 is 1.71 bits per heavy atom. The minimum Gasteiger partial charge on any atom is -0.297 e. The molecule has 2 heterocycles. The first-order valence-corrected chi connectivity index (χ1v) is 9.30. The molecule has 8 nitrogen and oxygen atoms in total. The maximum absolute atomic E-state index is 10.9. The molecule has 28 heavy (non-hydrogen) atoms. The van der Waals surface area contributed by atoms with E-state index >= 15 is 0 Å². The van der Waals surface area contributed by atoms with E-state index in [1.807, 2.05) is 6.07 Å². The van der Waals surface area contributed by atoms with Gasteiger partial charge >= 0.3 is 0 Å². The highest BCUT2D eigenvalue weighted by atomic mass is 16.6. The van der Waals surface area contributed by atoms with Crippen molar-refractivity contribution in [3.63, 3.8) is 0 Å². The number of hydrogen-bond acceptors (Lipinski definition) is 6. The van der Waals surface area contributed by atoms with Crippen molar-refractivity contribution < 1.29 is 4.92 Å². The highest BCUT2D eigenvalue weighted by molar-refractivity contribution is 5.58. The van der Waals surface area contributed by atoms with E-state index in [-0.39, 0.29) is 5.69 Å². The van der Waals surface area contributed by atoms with Gasteiger partial charge in [0.25, 0.3) is 5.69 Å². The second-order valence-corrected chi connectivity index (χ2v) is 6.94. The minimum absolute atomic E-state index is 0.0448. The SMILES string of the molecule is O=[N+]([O-])c1cccc(-c2ncn(CN3CCN(Cc4ccccc4)CC3)n2)c1. The molecule has 0 N–H and O–H groups in total. The van der Waals surface area contributed by atoms with Gasteiger partial charge in [-0.15, -0.1) is 5.10 Å². The van der Waals surface area contributed by atoms with Crippen LogP contribution < -0.4 is 0 Å². The summed E-state index contributed by atoms with van der Waals surface area (Å²) in [6.07, 6.45) is 1.69. The number of nitrogens with zero attached hydrogens (tertiary/aromatic N) is 6. The largest absolute Gasteiger partial charge is 0.297 e. The summed E-state index contributed by atoms with van der Waals surface area (Å²) in [4.78, 5) is 19.7. The molecule has 0 unspecified atom stereocenters. The Bertz CT molecular complexity index is 935. The quantitative estimate of drug-likeness (QED) is 0.485. The maximum Gasteiger partial charge on any atom is 0.270 e. The lowest BCUT2D eigenvalue weighted by Crippen LogP contribution is -2.46. The van der Waals surface area contributed by atoms with Gasteiger partial charge in [-0.1, -0.05) is 42.5 Å². The van der Waals surface area contributed by atoms with Crippen LogP contribution in [0.1, 0.15) is 5.56 Å². The third-order valence-electron chi connectivity index (χ3n) is 4.91. The standard InChI is InChI=1S/C20H22N6O2/c27-26(28)19-8-4-7-18(13-19)20-21-15-25(22-20)16-24-11-9-23(10-12-24)14-17-5-2-1-3-6-17/h1-8,13,15H,9-12,14,16H2. The first-order valence-electron chi connectivity index (χ1n) is 9.30. The monoisotopic (exact) mass is 378 g/mol. The van der Waals surface area contributed by atoms with Crippen LogP contribution in [0.5, 0.6) is 0 Å². The highest BCUT2D eigenvalue weighted by Gasteiger charge is 2.18. The maximum atomic E-state index is 10.9. The minimum atomic E-state index is -0.407. The summed E-state index contributed by atoms with van der Waals surface area (Å²) in [7, 11) is 0. The molecule has 1 fully saturated rings. The van der Waals surface area contributed by atoms with Crippen molar-refractivity contribution in [1.29, 1.82) is 0 Å². The lowest BCUT2D eigenvalue weighted by Gasteiger charge is -2.34. The molecule has 0 aliphatic carbocycles. The Morgan fingerprint density at radius 3 is 2.46 bits per heavy atom. The molecule has 0 spiro atoms. The fourth-order valence-corrected chi connectivity index (χ4v) is 3.39. The third-order valence-corrected chi connectivity index (χ3v) is 4.91. The summed E-state index contributed by atoms with van der Waals surface area (Å²) in [5.41, 5.74) is 2.04. The molecule has 1 saturated heterocycles. The van der Waals surface area contributed by atoms with Crippen LogP contribution in [-0.2, 0) is 13.2 Å². The van der Waals surface area contributed by atoms with Gasteiger partial charge in [0.2, 0.25) is 0 Å². The van der Waals surface area contributed by atoms with E-state index in [2.05, 4.69) is 44.1 Å². The summed E-state index contributed by atoms with van der Waals surface area (Å²) in [6.45, 7) is 5.62. The van der Waals surface area contributed by atoms with Crippen molar-refractivity contribution in [2.45, 2.75) is 13.2 Å². The lowest BCUT2D eigenvalue weighted by molar-refractivity contribution is -0.384. The molecule has 0 saturated carbocycles. The molecule has 1 aromatic heterocycles. The average Bonchev–Trinajstić information content (AvgIpc) is 3.19. The van der Waals surface area contributed by atoms with Crippen LogP contribution in [0.3, 0.4) is 0 Å². The summed E-state index contributed by atoms with van der Waals surface area (Å²) in [5, 5.41) is 15.4. The van der Waals surface area contributed by atoms with Gasteiger partial charge in [0.15, 0.2) is 5.82 Å². The van der Waals surface area contributed by atoms with Crippen molar-refractivity contribution in [3.8, 4) is 11.4 Å². The molecule has 144 valence electrons. The van der Waals surface area contributed by atoms with Crippen LogP contribution in [-0.4, -0.2) is 55.7 Å². The topological polar surface area (TPSA) is 80.3 Å². The molecule has 1 aliphatic rings. The Kier molecular flexibility index (Phi) is 5.41. The van der Waals surface area contributed by atoms with Crippen molar-refractivity contribution in [1.82, 2.24) is 24.6 Å². The molecular weight excluding hydrogens is 356 g/mol. The molecule has 1 aliphatic heterocycles. The molecular formula is C20H22N6O2. The van der Waals surface area contributed by atoms with E-state index in [0.717, 1.165) is 32.7 Å². The normalized spacial score (nSPS) is 15.6. The molecule has 0 atom stereocenters. The fourth-order valence-electron chi connectivity index (χ4n) is 3.39. The second kappa shape index (κ2) is 8.28. The van der Waals surface area contributed by atoms with E-state index in [1.165, 1.54) is 17.7 Å². The number of hydrogen-bond donors (Lipinski definition) is 0. The highest BCUT2D eigenvalue weighted by Crippen LogP contribution is 2.20. The number of nitro benzene ring substituents is 1. The van der Waals surface area contributed by atoms with Crippen molar-refractivity contribution in [3.05, 3.63) is 76.6 Å². The summed E-state index contributed by atoms with van der Waals surface area (Å²) in [5.74, 6) is 0.506. The number of aromatic nitrogens is 3.